The lowest BCUT2D eigenvalue weighted by Gasteiger charge is -2.26. The largest absolute Gasteiger partial charge is 0.456 e. The fraction of sp³-hybridized carbons (Fsp3) is 0. The Morgan fingerprint density at radius 3 is 1.66 bits per heavy atom. The Hall–Kier alpha value is -6.64. The number of hydrogen-bond donors (Lipinski definition) is 0. The Morgan fingerprint density at radius 1 is 0.300 bits per heavy atom. The summed E-state index contributed by atoms with van der Waals surface area (Å²) < 4.78 is 6.33. The zero-order chi connectivity index (χ0) is 33.0. The lowest BCUT2D eigenvalue weighted by Crippen LogP contribution is -2.09. The summed E-state index contributed by atoms with van der Waals surface area (Å²) in [5.41, 5.74) is 9.92. The van der Waals surface area contributed by atoms with Crippen molar-refractivity contribution in [2.45, 2.75) is 0 Å². The third kappa shape index (κ3) is 4.73. The van der Waals surface area contributed by atoms with Crippen molar-refractivity contribution in [3.63, 3.8) is 0 Å². The molecule has 0 aliphatic rings. The van der Waals surface area contributed by atoms with Crippen molar-refractivity contribution in [3.8, 4) is 22.3 Å². The van der Waals surface area contributed by atoms with Crippen LogP contribution in [-0.2, 0) is 0 Å². The van der Waals surface area contributed by atoms with Crippen LogP contribution in [-0.4, -0.2) is 0 Å². The number of rotatable bonds is 5. The van der Waals surface area contributed by atoms with Crippen LogP contribution in [0, 0.1) is 0 Å². The summed E-state index contributed by atoms with van der Waals surface area (Å²) >= 11 is 0. The van der Waals surface area contributed by atoms with Crippen molar-refractivity contribution >= 4 is 71.3 Å². The second-order valence-corrected chi connectivity index (χ2v) is 13.0. The van der Waals surface area contributed by atoms with Gasteiger partial charge in [0, 0.05) is 33.2 Å². The van der Waals surface area contributed by atoms with Gasteiger partial charge in [0.15, 0.2) is 0 Å². The molecule has 2 nitrogen and oxygen atoms in total. The summed E-state index contributed by atoms with van der Waals surface area (Å²) in [4.78, 5) is 2.37. The smallest absolute Gasteiger partial charge is 0.136 e. The molecule has 0 N–H and O–H groups in total. The van der Waals surface area contributed by atoms with E-state index in [-0.39, 0.29) is 0 Å². The van der Waals surface area contributed by atoms with Crippen LogP contribution >= 0.6 is 0 Å². The molecule has 234 valence electrons. The van der Waals surface area contributed by atoms with E-state index in [0.29, 0.717) is 0 Å². The highest BCUT2D eigenvalue weighted by Gasteiger charge is 2.17. The van der Waals surface area contributed by atoms with Gasteiger partial charge in [0.2, 0.25) is 0 Å². The van der Waals surface area contributed by atoms with Gasteiger partial charge < -0.3 is 9.32 Å². The second-order valence-electron chi connectivity index (χ2n) is 13.0. The number of nitrogens with zero attached hydrogens (tertiary/aromatic N) is 1. The van der Waals surface area contributed by atoms with Gasteiger partial charge in [0.05, 0.1) is 0 Å². The Bertz CT molecular complexity index is 2850. The van der Waals surface area contributed by atoms with Crippen LogP contribution in [0.4, 0.5) is 17.1 Å². The number of benzene rings is 9. The van der Waals surface area contributed by atoms with Gasteiger partial charge in [-0.2, -0.15) is 0 Å². The van der Waals surface area contributed by atoms with Crippen molar-refractivity contribution in [2.75, 3.05) is 4.90 Å². The van der Waals surface area contributed by atoms with Crippen LogP contribution in [0.1, 0.15) is 0 Å². The molecule has 0 bridgehead atoms. The van der Waals surface area contributed by atoms with Crippen molar-refractivity contribution in [3.05, 3.63) is 188 Å². The minimum Gasteiger partial charge on any atom is -0.456 e. The second kappa shape index (κ2) is 11.5. The molecule has 0 saturated carbocycles. The number of para-hydroxylation sites is 1. The van der Waals surface area contributed by atoms with E-state index in [1.54, 1.807) is 0 Å². The number of hydrogen-bond acceptors (Lipinski definition) is 2. The fourth-order valence-corrected chi connectivity index (χ4v) is 7.54. The predicted molar refractivity (Wildman–Crippen MR) is 212 cm³/mol. The third-order valence-electron chi connectivity index (χ3n) is 10.0. The molecule has 1 heterocycles. The van der Waals surface area contributed by atoms with E-state index >= 15 is 0 Å². The minimum atomic E-state index is 0.911. The minimum absolute atomic E-state index is 0.911. The van der Waals surface area contributed by atoms with Gasteiger partial charge in [-0.05, 0) is 104 Å². The predicted octanol–water partition coefficient (Wildman–Crippen LogP) is 13.8. The average molecular weight is 638 g/mol. The molecule has 10 aromatic rings. The molecule has 10 rings (SSSR count). The lowest BCUT2D eigenvalue weighted by molar-refractivity contribution is 0.669. The normalized spacial score (nSPS) is 11.6. The Balaban J connectivity index is 1.15. The molecule has 0 saturated heterocycles. The molecule has 0 radical (unpaired) electrons. The van der Waals surface area contributed by atoms with Crippen molar-refractivity contribution < 1.29 is 4.42 Å². The van der Waals surface area contributed by atoms with Gasteiger partial charge in [-0.1, -0.05) is 133 Å². The maximum Gasteiger partial charge on any atom is 0.136 e. The summed E-state index contributed by atoms with van der Waals surface area (Å²) in [5.74, 6) is 0. The molecular weight excluding hydrogens is 607 g/mol. The molecule has 2 heteroatoms. The summed E-state index contributed by atoms with van der Waals surface area (Å²) in [6.07, 6.45) is 0. The van der Waals surface area contributed by atoms with Crippen molar-refractivity contribution in [1.82, 2.24) is 0 Å². The van der Waals surface area contributed by atoms with Crippen molar-refractivity contribution in [2.24, 2.45) is 0 Å². The van der Waals surface area contributed by atoms with Gasteiger partial charge >= 0.3 is 0 Å². The number of anilines is 3. The van der Waals surface area contributed by atoms with Crippen LogP contribution in [0.15, 0.2) is 192 Å². The molecule has 1 aromatic heterocycles. The molecule has 9 aromatic carbocycles. The molecule has 0 fully saturated rings. The van der Waals surface area contributed by atoms with Crippen molar-refractivity contribution in [1.29, 1.82) is 0 Å². The Labute approximate surface area is 290 Å². The van der Waals surface area contributed by atoms with E-state index < -0.39 is 0 Å². The van der Waals surface area contributed by atoms with E-state index in [9.17, 15) is 0 Å². The molecule has 0 aliphatic heterocycles. The van der Waals surface area contributed by atoms with Gasteiger partial charge in [-0.3, -0.25) is 0 Å². The van der Waals surface area contributed by atoms with E-state index in [1.807, 2.05) is 6.07 Å². The molecule has 0 aliphatic carbocycles. The summed E-state index contributed by atoms with van der Waals surface area (Å²) in [5, 5.41) is 9.63. The van der Waals surface area contributed by atoms with Crippen LogP contribution in [0.25, 0.3) is 76.5 Å². The highest BCUT2D eigenvalue weighted by Crippen LogP contribution is 2.42. The van der Waals surface area contributed by atoms with Gasteiger partial charge in [0.1, 0.15) is 11.2 Å². The molecule has 0 unspecified atom stereocenters. The number of furan rings is 1. The van der Waals surface area contributed by atoms with E-state index in [0.717, 1.165) is 33.6 Å². The Morgan fingerprint density at radius 2 is 0.860 bits per heavy atom. The highest BCUT2D eigenvalue weighted by molar-refractivity contribution is 6.27. The van der Waals surface area contributed by atoms with Crippen LogP contribution in [0.5, 0.6) is 0 Å². The molecule has 0 atom stereocenters. The van der Waals surface area contributed by atoms with E-state index in [2.05, 4.69) is 187 Å². The molecule has 50 heavy (non-hydrogen) atoms. The fourth-order valence-electron chi connectivity index (χ4n) is 7.54. The van der Waals surface area contributed by atoms with Gasteiger partial charge in [-0.15, -0.1) is 0 Å². The standard InChI is InChI=1S/C48H31NO/c1-2-8-32(9-3-1)34-18-24-40(25-19-34)49(41-26-20-35(21-27-41)39-17-14-33-10-4-5-11-38(33)30-39)42-28-22-36-15-16-37-23-29-46-48(47(37)44(36)31-42)43-12-6-7-13-45(43)50-46/h1-31H. The third-order valence-corrected chi connectivity index (χ3v) is 10.0. The zero-order valence-electron chi connectivity index (χ0n) is 27.3. The zero-order valence-corrected chi connectivity index (χ0v) is 27.3. The maximum absolute atomic E-state index is 6.33. The molecular formula is C48H31NO. The van der Waals surface area contributed by atoms with Crippen LogP contribution < -0.4 is 4.90 Å². The molecule has 0 spiro atoms. The number of fused-ring (bicyclic) bond motifs is 8. The van der Waals surface area contributed by atoms with E-state index in [4.69, 9.17) is 4.42 Å². The summed E-state index contributed by atoms with van der Waals surface area (Å²) in [6.45, 7) is 0. The summed E-state index contributed by atoms with van der Waals surface area (Å²) in [6, 6.07) is 67.6. The first-order valence-electron chi connectivity index (χ1n) is 17.1. The SMILES string of the molecule is c1ccc(-c2ccc(N(c3ccc(-c4ccc5ccccc5c4)cc3)c3ccc4ccc5ccc6oc7ccccc7c6c5c4c3)cc2)cc1. The molecule has 0 amide bonds. The Kier molecular flexibility index (Phi) is 6.53. The first kappa shape index (κ1) is 28.4. The van der Waals surface area contributed by atoms with Crippen LogP contribution in [0.3, 0.4) is 0 Å². The quantitative estimate of drug-likeness (QED) is 0.175. The van der Waals surface area contributed by atoms with Crippen LogP contribution in [0.2, 0.25) is 0 Å². The maximum atomic E-state index is 6.33. The monoisotopic (exact) mass is 637 g/mol. The van der Waals surface area contributed by atoms with E-state index in [1.165, 1.54) is 60.0 Å². The topological polar surface area (TPSA) is 16.4 Å². The summed E-state index contributed by atoms with van der Waals surface area (Å²) in [7, 11) is 0. The average Bonchev–Trinajstić information content (AvgIpc) is 3.57. The lowest BCUT2D eigenvalue weighted by atomic mass is 9.96. The highest BCUT2D eigenvalue weighted by atomic mass is 16.3. The van der Waals surface area contributed by atoms with Gasteiger partial charge in [0.25, 0.3) is 0 Å². The first-order chi connectivity index (χ1) is 24.8. The van der Waals surface area contributed by atoms with Gasteiger partial charge in [-0.25, -0.2) is 0 Å². The first-order valence-corrected chi connectivity index (χ1v) is 17.1.